The number of amides is 3. The van der Waals surface area contributed by atoms with E-state index in [2.05, 4.69) is 10.2 Å². The summed E-state index contributed by atoms with van der Waals surface area (Å²) in [5.74, 6) is -1.14. The largest absolute Gasteiger partial charge is 0.422 e. The zero-order valence-electron chi connectivity index (χ0n) is 18.6. The summed E-state index contributed by atoms with van der Waals surface area (Å²) in [6.45, 7) is 2.53. The second-order valence-electron chi connectivity index (χ2n) is 7.99. The zero-order valence-corrected chi connectivity index (χ0v) is 19.4. The Kier molecular flexibility index (Phi) is 6.39. The Morgan fingerprint density at radius 2 is 1.77 bits per heavy atom. The lowest BCUT2D eigenvalue weighted by Crippen LogP contribution is -2.36. The van der Waals surface area contributed by atoms with Crippen LogP contribution >= 0.6 is 11.8 Å². The molecule has 0 atom stereocenters. The van der Waals surface area contributed by atoms with Crippen LogP contribution in [0.5, 0.6) is 0 Å². The van der Waals surface area contributed by atoms with Crippen molar-refractivity contribution in [3.8, 4) is 0 Å². The van der Waals surface area contributed by atoms with Crippen LogP contribution in [0.15, 0.2) is 68.7 Å². The van der Waals surface area contributed by atoms with Crippen LogP contribution in [0.2, 0.25) is 0 Å². The number of hydrogen-bond acceptors (Lipinski definition) is 8. The molecule has 0 aliphatic carbocycles. The molecule has 10 heteroatoms. The molecular weight excluding hydrogens is 470 g/mol. The number of nitrogens with one attached hydrogen (secondary N) is 1. The number of rotatable bonds is 5. The van der Waals surface area contributed by atoms with E-state index in [1.54, 1.807) is 42.5 Å². The molecule has 9 nitrogen and oxygen atoms in total. The number of para-hydroxylation sites is 1. The van der Waals surface area contributed by atoms with Crippen molar-refractivity contribution in [1.29, 1.82) is 0 Å². The average molecular weight is 492 g/mol. The minimum atomic E-state index is -0.634. The van der Waals surface area contributed by atoms with Crippen molar-refractivity contribution in [2.24, 2.45) is 0 Å². The van der Waals surface area contributed by atoms with E-state index in [1.165, 1.54) is 6.08 Å². The minimum Gasteiger partial charge on any atom is -0.422 e. The van der Waals surface area contributed by atoms with E-state index in [9.17, 15) is 19.2 Å². The molecule has 2 aliphatic rings. The fraction of sp³-hybridized carbons (Fsp3) is 0.200. The maximum Gasteiger partial charge on any atom is 0.343 e. The number of imide groups is 1. The van der Waals surface area contributed by atoms with Crippen molar-refractivity contribution >= 4 is 57.2 Å². The Bertz CT molecular complexity index is 1390. The van der Waals surface area contributed by atoms with Gasteiger partial charge in [0.25, 0.3) is 11.1 Å². The lowest BCUT2D eigenvalue weighted by molar-refractivity contribution is -0.127. The molecule has 2 aliphatic heterocycles. The highest BCUT2D eigenvalue weighted by Crippen LogP contribution is 2.32. The summed E-state index contributed by atoms with van der Waals surface area (Å²) >= 11 is 0.679. The van der Waals surface area contributed by atoms with Gasteiger partial charge in [-0.15, -0.1) is 0 Å². The molecule has 0 saturated carbocycles. The van der Waals surface area contributed by atoms with Gasteiger partial charge >= 0.3 is 5.63 Å². The molecule has 2 saturated heterocycles. The number of morpholine rings is 1. The van der Waals surface area contributed by atoms with E-state index >= 15 is 0 Å². The maximum atomic E-state index is 12.8. The normalized spacial score (nSPS) is 17.4. The smallest absolute Gasteiger partial charge is 0.343 e. The van der Waals surface area contributed by atoms with Crippen LogP contribution in [0.4, 0.5) is 16.2 Å². The van der Waals surface area contributed by atoms with Crippen LogP contribution in [0.25, 0.3) is 17.0 Å². The highest BCUT2D eigenvalue weighted by atomic mass is 32.2. The Labute approximate surface area is 204 Å². The molecule has 1 aromatic heterocycles. The first-order valence-corrected chi connectivity index (χ1v) is 11.8. The molecule has 178 valence electrons. The van der Waals surface area contributed by atoms with Crippen molar-refractivity contribution in [2.45, 2.75) is 0 Å². The number of anilines is 2. The Balaban J connectivity index is 1.25. The van der Waals surface area contributed by atoms with Crippen LogP contribution in [0.3, 0.4) is 0 Å². The number of fused-ring (bicyclic) bond motifs is 1. The first-order valence-electron chi connectivity index (χ1n) is 11.0. The van der Waals surface area contributed by atoms with Crippen molar-refractivity contribution in [1.82, 2.24) is 4.90 Å². The number of hydrogen-bond donors (Lipinski definition) is 1. The van der Waals surface area contributed by atoms with E-state index in [0.29, 0.717) is 41.6 Å². The summed E-state index contributed by atoms with van der Waals surface area (Å²) in [6, 6.07) is 15.9. The van der Waals surface area contributed by atoms with Gasteiger partial charge in [-0.2, -0.15) is 0 Å². The summed E-state index contributed by atoms with van der Waals surface area (Å²) in [7, 11) is 0. The van der Waals surface area contributed by atoms with Crippen LogP contribution in [-0.2, 0) is 14.3 Å². The van der Waals surface area contributed by atoms with Gasteiger partial charge < -0.3 is 19.4 Å². The van der Waals surface area contributed by atoms with E-state index in [4.69, 9.17) is 9.15 Å². The number of ether oxygens (including phenoxy) is 1. The molecule has 0 radical (unpaired) electrons. The second kappa shape index (κ2) is 9.77. The van der Waals surface area contributed by atoms with Gasteiger partial charge in [-0.25, -0.2) is 4.79 Å². The topological polar surface area (TPSA) is 109 Å². The van der Waals surface area contributed by atoms with Crippen LogP contribution < -0.4 is 15.8 Å². The number of benzene rings is 2. The zero-order chi connectivity index (χ0) is 24.4. The van der Waals surface area contributed by atoms with E-state index in [-0.39, 0.29) is 10.5 Å². The number of carbonyl (C=O) groups is 3. The van der Waals surface area contributed by atoms with E-state index in [0.717, 1.165) is 23.7 Å². The average Bonchev–Trinajstić information content (AvgIpc) is 3.12. The SMILES string of the molecule is O=C(CN1C(=O)S/C(=C/c2cc3ccccc3oc2=O)C1=O)Nc1ccc(N2CCOCC2)cc1. The van der Waals surface area contributed by atoms with Gasteiger partial charge in [-0.05, 0) is 54.2 Å². The molecule has 3 amide bonds. The first-order chi connectivity index (χ1) is 17.0. The highest BCUT2D eigenvalue weighted by Gasteiger charge is 2.36. The molecule has 2 fully saturated rings. The van der Waals surface area contributed by atoms with Gasteiger partial charge in [0.15, 0.2) is 0 Å². The second-order valence-corrected chi connectivity index (χ2v) is 8.98. The van der Waals surface area contributed by atoms with E-state index in [1.807, 2.05) is 12.1 Å². The molecule has 2 aromatic carbocycles. The monoisotopic (exact) mass is 491 g/mol. The maximum absolute atomic E-state index is 12.8. The molecule has 5 rings (SSSR count). The number of nitrogens with zero attached hydrogens (tertiary/aromatic N) is 2. The molecule has 0 bridgehead atoms. The van der Waals surface area contributed by atoms with Gasteiger partial charge in [-0.1, -0.05) is 18.2 Å². The van der Waals surface area contributed by atoms with E-state index < -0.39 is 29.2 Å². The quantitative estimate of drug-likeness (QED) is 0.428. The molecule has 3 aromatic rings. The third-order valence-electron chi connectivity index (χ3n) is 5.66. The Hall–Kier alpha value is -3.89. The minimum absolute atomic E-state index is 0.0558. The number of thioether (sulfide) groups is 1. The fourth-order valence-corrected chi connectivity index (χ4v) is 4.71. The molecule has 0 unspecified atom stereocenters. The van der Waals surface area contributed by atoms with Gasteiger partial charge in [0.1, 0.15) is 12.1 Å². The van der Waals surface area contributed by atoms with Crippen molar-refractivity contribution in [3.05, 3.63) is 75.5 Å². The molecule has 35 heavy (non-hydrogen) atoms. The van der Waals surface area contributed by atoms with Crippen molar-refractivity contribution in [3.63, 3.8) is 0 Å². The molecule has 0 spiro atoms. The lowest BCUT2D eigenvalue weighted by atomic mass is 10.2. The third-order valence-corrected chi connectivity index (χ3v) is 6.56. The highest BCUT2D eigenvalue weighted by molar-refractivity contribution is 8.18. The van der Waals surface area contributed by atoms with Crippen LogP contribution in [-0.4, -0.2) is 54.8 Å². The first kappa shape index (κ1) is 22.9. The predicted molar refractivity (Wildman–Crippen MR) is 133 cm³/mol. The van der Waals surface area contributed by atoms with Crippen molar-refractivity contribution < 1.29 is 23.5 Å². The molecule has 1 N–H and O–H groups in total. The summed E-state index contributed by atoms with van der Waals surface area (Å²) < 4.78 is 10.6. The van der Waals surface area contributed by atoms with Gasteiger partial charge in [0, 0.05) is 29.9 Å². The predicted octanol–water partition coefficient (Wildman–Crippen LogP) is 3.30. The summed E-state index contributed by atoms with van der Waals surface area (Å²) in [4.78, 5) is 53.1. The summed E-state index contributed by atoms with van der Waals surface area (Å²) in [5.41, 5.74) is 1.55. The van der Waals surface area contributed by atoms with Gasteiger partial charge in [0.05, 0.1) is 23.7 Å². The summed E-state index contributed by atoms with van der Waals surface area (Å²) in [5, 5.41) is 2.82. The summed E-state index contributed by atoms with van der Waals surface area (Å²) in [6.07, 6.45) is 1.32. The van der Waals surface area contributed by atoms with Gasteiger partial charge in [-0.3, -0.25) is 19.3 Å². The van der Waals surface area contributed by atoms with Crippen molar-refractivity contribution in [2.75, 3.05) is 43.1 Å². The fourth-order valence-electron chi connectivity index (χ4n) is 3.88. The van der Waals surface area contributed by atoms with Gasteiger partial charge in [0.2, 0.25) is 5.91 Å². The standard InChI is InChI=1S/C25H21N3O6S/c29-22(26-18-5-7-19(8-6-18)27-9-11-33-12-10-27)15-28-23(30)21(35-25(28)32)14-17-13-16-3-1-2-4-20(16)34-24(17)31/h1-8,13-14H,9-12,15H2,(H,26,29)/b21-14+. The van der Waals surface area contributed by atoms with Crippen LogP contribution in [0.1, 0.15) is 5.56 Å². The third kappa shape index (κ3) is 4.98. The Morgan fingerprint density at radius 3 is 2.54 bits per heavy atom. The molecular formula is C25H21N3O6S. The van der Waals surface area contributed by atoms with Crippen LogP contribution in [0, 0.1) is 0 Å². The molecule has 3 heterocycles. The Morgan fingerprint density at radius 1 is 1.03 bits per heavy atom. The number of carbonyl (C=O) groups excluding carboxylic acids is 3. The lowest BCUT2D eigenvalue weighted by Gasteiger charge is -2.28.